The average molecular weight is 264 g/mol. The van der Waals surface area contributed by atoms with Gasteiger partial charge in [-0.25, -0.2) is 0 Å². The smallest absolute Gasteiger partial charge is 0.311 e. The molecule has 0 spiro atoms. The Bertz CT molecular complexity index is 501. The highest BCUT2D eigenvalue weighted by atomic mass is 16.6. The Labute approximate surface area is 111 Å². The second kappa shape index (κ2) is 5.69. The van der Waals surface area contributed by atoms with Crippen molar-refractivity contribution in [1.82, 2.24) is 0 Å². The minimum absolute atomic E-state index is 0.0473. The van der Waals surface area contributed by atoms with Gasteiger partial charge in [0.25, 0.3) is 0 Å². The van der Waals surface area contributed by atoms with Crippen LogP contribution in [-0.4, -0.2) is 30.4 Å². The van der Waals surface area contributed by atoms with Gasteiger partial charge in [-0.3, -0.25) is 14.9 Å². The van der Waals surface area contributed by atoms with Crippen LogP contribution in [0.25, 0.3) is 0 Å². The van der Waals surface area contributed by atoms with Crippen LogP contribution in [0.4, 0.5) is 11.4 Å². The minimum Gasteiger partial charge on any atom is -0.487 e. The van der Waals surface area contributed by atoms with Crippen molar-refractivity contribution in [2.45, 2.75) is 19.8 Å². The second-order valence-corrected chi connectivity index (χ2v) is 4.41. The first-order valence-electron chi connectivity index (χ1n) is 6.29. The Morgan fingerprint density at radius 1 is 1.47 bits per heavy atom. The van der Waals surface area contributed by atoms with Gasteiger partial charge in [0, 0.05) is 30.8 Å². The number of nitro groups is 1. The van der Waals surface area contributed by atoms with Gasteiger partial charge < -0.3 is 9.64 Å². The van der Waals surface area contributed by atoms with Crippen molar-refractivity contribution in [2.24, 2.45) is 0 Å². The Morgan fingerprint density at radius 3 is 2.89 bits per heavy atom. The molecular formula is C13H16N2O4. The van der Waals surface area contributed by atoms with Gasteiger partial charge in [-0.05, 0) is 19.4 Å². The zero-order valence-electron chi connectivity index (χ0n) is 10.8. The number of rotatable bonds is 4. The van der Waals surface area contributed by atoms with E-state index in [1.165, 1.54) is 6.07 Å². The molecular weight excluding hydrogens is 248 g/mol. The van der Waals surface area contributed by atoms with Crippen LogP contribution in [0.5, 0.6) is 5.75 Å². The number of ketones is 1. The summed E-state index contributed by atoms with van der Waals surface area (Å²) in [6.07, 6.45) is 1.43. The van der Waals surface area contributed by atoms with Gasteiger partial charge in [-0.2, -0.15) is 0 Å². The summed E-state index contributed by atoms with van der Waals surface area (Å²) in [6.45, 7) is 3.29. The highest BCUT2D eigenvalue weighted by Crippen LogP contribution is 2.32. The summed E-state index contributed by atoms with van der Waals surface area (Å²) in [7, 11) is 0. The zero-order valence-corrected chi connectivity index (χ0v) is 10.8. The monoisotopic (exact) mass is 264 g/mol. The van der Waals surface area contributed by atoms with E-state index in [-0.39, 0.29) is 17.2 Å². The molecule has 102 valence electrons. The molecule has 1 saturated heterocycles. The third-order valence-electron chi connectivity index (χ3n) is 3.06. The largest absolute Gasteiger partial charge is 0.487 e. The number of carbonyl (C=O) groups excluding carboxylic acids is 1. The summed E-state index contributed by atoms with van der Waals surface area (Å²) < 4.78 is 5.30. The SMILES string of the molecule is CCOc1cc(N2CCCC(=O)C2)ccc1[N+](=O)[O-]. The molecule has 0 atom stereocenters. The molecule has 6 nitrogen and oxygen atoms in total. The number of piperidine rings is 1. The summed E-state index contributed by atoms with van der Waals surface area (Å²) in [5.41, 5.74) is 0.746. The molecule has 0 saturated carbocycles. The van der Waals surface area contributed by atoms with Gasteiger partial charge in [0.2, 0.25) is 0 Å². The molecule has 19 heavy (non-hydrogen) atoms. The van der Waals surface area contributed by atoms with E-state index in [2.05, 4.69) is 0 Å². The number of benzene rings is 1. The Balaban J connectivity index is 2.29. The van der Waals surface area contributed by atoms with Crippen molar-refractivity contribution < 1.29 is 14.5 Å². The standard InChI is InChI=1S/C13H16N2O4/c1-2-19-13-8-10(5-6-12(13)15(17)18)14-7-3-4-11(16)9-14/h5-6,8H,2-4,7,9H2,1H3. The summed E-state index contributed by atoms with van der Waals surface area (Å²) in [5.74, 6) is 0.450. The van der Waals surface area contributed by atoms with Crippen LogP contribution in [0.1, 0.15) is 19.8 Å². The number of anilines is 1. The zero-order chi connectivity index (χ0) is 13.8. The third-order valence-corrected chi connectivity index (χ3v) is 3.06. The lowest BCUT2D eigenvalue weighted by Gasteiger charge is -2.28. The van der Waals surface area contributed by atoms with Gasteiger partial charge >= 0.3 is 5.69 Å². The van der Waals surface area contributed by atoms with E-state index in [1.807, 2.05) is 4.90 Å². The van der Waals surface area contributed by atoms with Crippen molar-refractivity contribution in [2.75, 3.05) is 24.6 Å². The molecule has 0 unspecified atom stereocenters. The lowest BCUT2D eigenvalue weighted by atomic mass is 10.1. The number of hydrogen-bond donors (Lipinski definition) is 0. The van der Waals surface area contributed by atoms with Crippen LogP contribution < -0.4 is 9.64 Å². The van der Waals surface area contributed by atoms with Crippen LogP contribution in [0.2, 0.25) is 0 Å². The van der Waals surface area contributed by atoms with Crippen molar-refractivity contribution in [3.05, 3.63) is 28.3 Å². The van der Waals surface area contributed by atoms with Crippen molar-refractivity contribution in [3.8, 4) is 5.75 Å². The Hall–Kier alpha value is -2.11. The van der Waals surface area contributed by atoms with E-state index in [9.17, 15) is 14.9 Å². The van der Waals surface area contributed by atoms with Gasteiger partial charge in [-0.1, -0.05) is 0 Å². The van der Waals surface area contributed by atoms with E-state index < -0.39 is 4.92 Å². The normalized spacial score (nSPS) is 15.4. The minimum atomic E-state index is -0.462. The maximum atomic E-state index is 11.5. The van der Waals surface area contributed by atoms with Crippen molar-refractivity contribution in [1.29, 1.82) is 0 Å². The fraction of sp³-hybridized carbons (Fsp3) is 0.462. The maximum absolute atomic E-state index is 11.5. The first-order chi connectivity index (χ1) is 9.11. The van der Waals surface area contributed by atoms with Crippen LogP contribution in [-0.2, 0) is 4.79 Å². The molecule has 0 aliphatic carbocycles. The molecule has 0 amide bonds. The molecule has 1 fully saturated rings. The summed E-state index contributed by atoms with van der Waals surface area (Å²) in [4.78, 5) is 23.8. The van der Waals surface area contributed by atoms with Crippen LogP contribution in [0.3, 0.4) is 0 Å². The number of ether oxygens (including phenoxy) is 1. The maximum Gasteiger partial charge on any atom is 0.311 e. The molecule has 0 N–H and O–H groups in total. The van der Waals surface area contributed by atoms with E-state index in [0.717, 1.165) is 18.7 Å². The fourth-order valence-corrected chi connectivity index (χ4v) is 2.18. The number of Topliss-reactive ketones (excluding diaryl/α,β-unsaturated/α-hetero) is 1. The van der Waals surface area contributed by atoms with Crippen molar-refractivity contribution in [3.63, 3.8) is 0 Å². The van der Waals surface area contributed by atoms with Crippen LogP contribution in [0.15, 0.2) is 18.2 Å². The predicted octanol–water partition coefficient (Wildman–Crippen LogP) is 2.16. The van der Waals surface area contributed by atoms with Gasteiger partial charge in [0.05, 0.1) is 18.1 Å². The molecule has 1 aliphatic rings. The van der Waals surface area contributed by atoms with E-state index in [0.29, 0.717) is 19.6 Å². The molecule has 6 heteroatoms. The summed E-state index contributed by atoms with van der Waals surface area (Å²) in [6, 6.07) is 4.74. The quantitative estimate of drug-likeness (QED) is 0.615. The number of nitro benzene ring substituents is 1. The lowest BCUT2D eigenvalue weighted by Crippen LogP contribution is -2.35. The molecule has 0 bridgehead atoms. The van der Waals surface area contributed by atoms with E-state index in [4.69, 9.17) is 4.74 Å². The van der Waals surface area contributed by atoms with Crippen LogP contribution >= 0.6 is 0 Å². The van der Waals surface area contributed by atoms with E-state index in [1.54, 1.807) is 19.1 Å². The first kappa shape index (κ1) is 13.3. The number of nitrogens with zero attached hydrogens (tertiary/aromatic N) is 2. The third kappa shape index (κ3) is 3.01. The molecule has 0 radical (unpaired) electrons. The number of hydrogen-bond acceptors (Lipinski definition) is 5. The van der Waals surface area contributed by atoms with Gasteiger partial charge in [-0.15, -0.1) is 0 Å². The predicted molar refractivity (Wildman–Crippen MR) is 70.7 cm³/mol. The highest BCUT2D eigenvalue weighted by Gasteiger charge is 2.21. The molecule has 0 aromatic heterocycles. The fourth-order valence-electron chi connectivity index (χ4n) is 2.18. The van der Waals surface area contributed by atoms with Gasteiger partial charge in [0.15, 0.2) is 11.5 Å². The molecule has 2 rings (SSSR count). The number of carbonyl (C=O) groups is 1. The van der Waals surface area contributed by atoms with Crippen LogP contribution in [0, 0.1) is 10.1 Å². The lowest BCUT2D eigenvalue weighted by molar-refractivity contribution is -0.385. The summed E-state index contributed by atoms with van der Waals surface area (Å²) >= 11 is 0. The second-order valence-electron chi connectivity index (χ2n) is 4.41. The molecule has 1 aromatic carbocycles. The summed E-state index contributed by atoms with van der Waals surface area (Å²) in [5, 5.41) is 10.9. The average Bonchev–Trinajstić information content (AvgIpc) is 2.39. The highest BCUT2D eigenvalue weighted by molar-refractivity contribution is 5.84. The molecule has 1 aliphatic heterocycles. The van der Waals surface area contributed by atoms with Crippen molar-refractivity contribution >= 4 is 17.2 Å². The first-order valence-corrected chi connectivity index (χ1v) is 6.29. The molecule has 1 heterocycles. The topological polar surface area (TPSA) is 72.7 Å². The molecule has 1 aromatic rings. The Kier molecular flexibility index (Phi) is 3.99. The van der Waals surface area contributed by atoms with Gasteiger partial charge in [0.1, 0.15) is 0 Å². The van der Waals surface area contributed by atoms with E-state index >= 15 is 0 Å². The Morgan fingerprint density at radius 2 is 2.26 bits per heavy atom.